The molecular formula is C7H12O3. The molecule has 1 saturated carbocycles. The molecule has 0 saturated heterocycles. The number of carbonyl (C=O) groups is 1. The highest BCUT2D eigenvalue weighted by atomic mass is 16.4. The summed E-state index contributed by atoms with van der Waals surface area (Å²) in [6.07, 6.45) is 0.670. The van der Waals surface area contributed by atoms with Crippen molar-refractivity contribution < 1.29 is 15.0 Å². The van der Waals surface area contributed by atoms with Crippen molar-refractivity contribution in [3.63, 3.8) is 0 Å². The maximum Gasteiger partial charge on any atom is 0.306 e. The Morgan fingerprint density at radius 1 is 1.50 bits per heavy atom. The van der Waals surface area contributed by atoms with Gasteiger partial charge >= 0.3 is 5.97 Å². The van der Waals surface area contributed by atoms with Crippen LogP contribution in [0.2, 0.25) is 0 Å². The highest BCUT2D eigenvalue weighted by Gasteiger charge is 2.34. The summed E-state index contributed by atoms with van der Waals surface area (Å²) >= 11 is 0. The molecule has 10 heavy (non-hydrogen) atoms. The Morgan fingerprint density at radius 3 is 2.30 bits per heavy atom. The smallest absolute Gasteiger partial charge is 0.306 e. The summed E-state index contributed by atoms with van der Waals surface area (Å²) in [5, 5.41) is 17.6. The summed E-state index contributed by atoms with van der Waals surface area (Å²) in [6.45, 7) is 1.87. The lowest BCUT2D eigenvalue weighted by Crippen LogP contribution is -2.15. The fourth-order valence-electron chi connectivity index (χ4n) is 1.56. The standard InChI is InChI=1S/C7H12O3/c1-4-2-5(8)3-6(4)7(9)10/h4-6,8H,2-3H2,1H3,(H,9,10)/t4?,5?,6-/m1/s1. The average molecular weight is 144 g/mol. The van der Waals surface area contributed by atoms with E-state index in [1.54, 1.807) is 0 Å². The molecule has 0 bridgehead atoms. The number of rotatable bonds is 1. The van der Waals surface area contributed by atoms with Crippen LogP contribution in [0, 0.1) is 11.8 Å². The van der Waals surface area contributed by atoms with E-state index in [4.69, 9.17) is 10.2 Å². The summed E-state index contributed by atoms with van der Waals surface area (Å²) in [6, 6.07) is 0. The number of carboxylic acids is 1. The number of hydrogen-bond acceptors (Lipinski definition) is 2. The van der Waals surface area contributed by atoms with Crippen molar-refractivity contribution in [3.05, 3.63) is 0 Å². The minimum atomic E-state index is -0.774. The molecule has 58 valence electrons. The third-order valence-electron chi connectivity index (χ3n) is 2.17. The zero-order valence-corrected chi connectivity index (χ0v) is 5.95. The Morgan fingerprint density at radius 2 is 2.10 bits per heavy atom. The van der Waals surface area contributed by atoms with E-state index in [-0.39, 0.29) is 11.8 Å². The fourth-order valence-corrected chi connectivity index (χ4v) is 1.56. The van der Waals surface area contributed by atoms with Crippen molar-refractivity contribution in [2.45, 2.75) is 25.9 Å². The monoisotopic (exact) mass is 144 g/mol. The molecule has 0 aromatic heterocycles. The van der Waals surface area contributed by atoms with Gasteiger partial charge in [-0.05, 0) is 18.8 Å². The lowest BCUT2D eigenvalue weighted by Gasteiger charge is -2.06. The molecule has 1 aliphatic rings. The first-order valence-electron chi connectivity index (χ1n) is 3.52. The zero-order valence-electron chi connectivity index (χ0n) is 5.95. The maximum atomic E-state index is 10.4. The second-order valence-electron chi connectivity index (χ2n) is 3.05. The highest BCUT2D eigenvalue weighted by molar-refractivity contribution is 5.70. The maximum absolute atomic E-state index is 10.4. The lowest BCUT2D eigenvalue weighted by atomic mass is 9.99. The van der Waals surface area contributed by atoms with Crippen LogP contribution in [0.5, 0.6) is 0 Å². The van der Waals surface area contributed by atoms with E-state index < -0.39 is 12.1 Å². The van der Waals surface area contributed by atoms with Gasteiger partial charge in [-0.1, -0.05) is 6.92 Å². The van der Waals surface area contributed by atoms with E-state index in [1.165, 1.54) is 0 Å². The number of aliphatic carboxylic acids is 1. The summed E-state index contributed by atoms with van der Waals surface area (Å²) < 4.78 is 0. The van der Waals surface area contributed by atoms with Crippen LogP contribution in [0.15, 0.2) is 0 Å². The van der Waals surface area contributed by atoms with Gasteiger partial charge < -0.3 is 10.2 Å². The molecule has 3 heteroatoms. The van der Waals surface area contributed by atoms with Crippen molar-refractivity contribution in [1.82, 2.24) is 0 Å². The molecule has 0 amide bonds. The van der Waals surface area contributed by atoms with Crippen molar-refractivity contribution in [1.29, 1.82) is 0 Å². The SMILES string of the molecule is CC1CC(O)C[C@H]1C(=O)O. The molecule has 3 nitrogen and oxygen atoms in total. The second-order valence-corrected chi connectivity index (χ2v) is 3.05. The van der Waals surface area contributed by atoms with E-state index >= 15 is 0 Å². The Bertz CT molecular complexity index is 144. The van der Waals surface area contributed by atoms with Crippen LogP contribution in [-0.4, -0.2) is 22.3 Å². The molecule has 1 fully saturated rings. The van der Waals surface area contributed by atoms with E-state index in [9.17, 15) is 4.79 Å². The van der Waals surface area contributed by atoms with Crippen LogP contribution in [0.3, 0.4) is 0 Å². The van der Waals surface area contributed by atoms with Gasteiger partial charge in [0.25, 0.3) is 0 Å². The number of carboxylic acid groups (broad SMARTS) is 1. The molecule has 2 unspecified atom stereocenters. The third kappa shape index (κ3) is 1.29. The minimum absolute atomic E-state index is 0.132. The molecule has 0 heterocycles. The first kappa shape index (κ1) is 7.54. The van der Waals surface area contributed by atoms with Crippen LogP contribution >= 0.6 is 0 Å². The second kappa shape index (κ2) is 2.58. The van der Waals surface area contributed by atoms with Gasteiger partial charge in [-0.2, -0.15) is 0 Å². The Hall–Kier alpha value is -0.570. The number of hydrogen-bond donors (Lipinski definition) is 2. The Labute approximate surface area is 59.7 Å². The van der Waals surface area contributed by atoms with Gasteiger partial charge in [0.15, 0.2) is 0 Å². The summed E-state index contributed by atoms with van der Waals surface area (Å²) in [5.74, 6) is -0.966. The first-order valence-corrected chi connectivity index (χ1v) is 3.52. The topological polar surface area (TPSA) is 57.5 Å². The number of aliphatic hydroxyl groups excluding tert-OH is 1. The van der Waals surface area contributed by atoms with Crippen molar-refractivity contribution >= 4 is 5.97 Å². The van der Waals surface area contributed by atoms with E-state index in [1.807, 2.05) is 6.92 Å². The van der Waals surface area contributed by atoms with Crippen LogP contribution in [0.25, 0.3) is 0 Å². The summed E-state index contributed by atoms with van der Waals surface area (Å²) in [7, 11) is 0. The Kier molecular flexibility index (Phi) is 1.94. The van der Waals surface area contributed by atoms with Crippen molar-refractivity contribution in [2.24, 2.45) is 11.8 Å². The zero-order chi connectivity index (χ0) is 7.72. The van der Waals surface area contributed by atoms with Gasteiger partial charge in [0, 0.05) is 0 Å². The van der Waals surface area contributed by atoms with Crippen LogP contribution in [-0.2, 0) is 4.79 Å². The lowest BCUT2D eigenvalue weighted by molar-refractivity contribution is -0.142. The third-order valence-corrected chi connectivity index (χ3v) is 2.17. The molecule has 0 aromatic rings. The van der Waals surface area contributed by atoms with Gasteiger partial charge in [0.05, 0.1) is 12.0 Å². The summed E-state index contributed by atoms with van der Waals surface area (Å²) in [4.78, 5) is 10.4. The molecule has 0 spiro atoms. The fraction of sp³-hybridized carbons (Fsp3) is 0.857. The van der Waals surface area contributed by atoms with E-state index in [2.05, 4.69) is 0 Å². The van der Waals surface area contributed by atoms with Crippen LogP contribution in [0.1, 0.15) is 19.8 Å². The van der Waals surface area contributed by atoms with Gasteiger partial charge in [-0.25, -0.2) is 0 Å². The van der Waals surface area contributed by atoms with E-state index in [0.717, 1.165) is 0 Å². The first-order chi connectivity index (χ1) is 4.61. The number of aliphatic hydroxyl groups is 1. The predicted octanol–water partition coefficient (Wildman–Crippen LogP) is 0.478. The molecule has 0 radical (unpaired) electrons. The highest BCUT2D eigenvalue weighted by Crippen LogP contribution is 2.31. The largest absolute Gasteiger partial charge is 0.481 e. The van der Waals surface area contributed by atoms with Gasteiger partial charge in [-0.15, -0.1) is 0 Å². The van der Waals surface area contributed by atoms with Gasteiger partial charge in [0.2, 0.25) is 0 Å². The summed E-state index contributed by atoms with van der Waals surface area (Å²) in [5.41, 5.74) is 0. The van der Waals surface area contributed by atoms with Gasteiger partial charge in [-0.3, -0.25) is 4.79 Å². The normalized spacial score (nSPS) is 40.0. The van der Waals surface area contributed by atoms with Crippen LogP contribution in [0.4, 0.5) is 0 Å². The molecule has 1 rings (SSSR count). The Balaban J connectivity index is 2.54. The molecule has 2 N–H and O–H groups in total. The quantitative estimate of drug-likeness (QED) is 0.562. The minimum Gasteiger partial charge on any atom is -0.481 e. The van der Waals surface area contributed by atoms with E-state index in [0.29, 0.717) is 12.8 Å². The van der Waals surface area contributed by atoms with Crippen molar-refractivity contribution in [3.8, 4) is 0 Å². The molecule has 0 aliphatic heterocycles. The molecule has 3 atom stereocenters. The molecule has 1 aliphatic carbocycles. The molecular weight excluding hydrogens is 132 g/mol. The van der Waals surface area contributed by atoms with Crippen LogP contribution < -0.4 is 0 Å². The predicted molar refractivity (Wildman–Crippen MR) is 35.5 cm³/mol. The molecule has 0 aromatic carbocycles. The average Bonchev–Trinajstić information content (AvgIpc) is 2.10. The van der Waals surface area contributed by atoms with Crippen molar-refractivity contribution in [2.75, 3.05) is 0 Å². The van der Waals surface area contributed by atoms with Gasteiger partial charge in [0.1, 0.15) is 0 Å².